The maximum absolute atomic E-state index is 13.7. The lowest BCUT2D eigenvalue weighted by molar-refractivity contribution is 0.0700. The molecule has 2 N–H and O–H groups in total. The summed E-state index contributed by atoms with van der Waals surface area (Å²) in [5.74, 6) is 2.47. The number of methoxy groups -OCH3 is 1. The van der Waals surface area contributed by atoms with E-state index >= 15 is 0 Å². The van der Waals surface area contributed by atoms with Gasteiger partial charge in [-0.2, -0.15) is 0 Å². The van der Waals surface area contributed by atoms with Crippen LogP contribution in [0, 0.1) is 11.8 Å². The molecule has 2 aliphatic carbocycles. The van der Waals surface area contributed by atoms with Gasteiger partial charge in [0.1, 0.15) is 16.9 Å². The van der Waals surface area contributed by atoms with E-state index in [0.29, 0.717) is 23.1 Å². The van der Waals surface area contributed by atoms with Gasteiger partial charge in [0.15, 0.2) is 5.82 Å². The third-order valence-electron chi connectivity index (χ3n) is 10.2. The SMILES string of the molecule is COc1cc(C(=O)N2C[C@H]3CC[C@@H]2[C@@H]3N)cc2nc(-c3cc4ccc(-c5ccc6nccnc6c5)nc4n3CC3CC3)n(C)c12. The van der Waals surface area contributed by atoms with Gasteiger partial charge in [-0.25, -0.2) is 9.97 Å². The predicted molar refractivity (Wildman–Crippen MR) is 173 cm³/mol. The number of hydrogen-bond donors (Lipinski definition) is 1. The Kier molecular flexibility index (Phi) is 5.81. The summed E-state index contributed by atoms with van der Waals surface area (Å²) in [7, 11) is 3.67. The summed E-state index contributed by atoms with van der Waals surface area (Å²) in [6.07, 6.45) is 7.93. The maximum Gasteiger partial charge on any atom is 0.254 e. The Balaban J connectivity index is 1.15. The first-order valence-electron chi connectivity index (χ1n) is 15.8. The Morgan fingerprint density at radius 2 is 1.80 bits per heavy atom. The maximum atomic E-state index is 13.7. The summed E-state index contributed by atoms with van der Waals surface area (Å²) in [6.45, 7) is 1.60. The van der Waals surface area contributed by atoms with E-state index in [2.05, 4.69) is 43.4 Å². The van der Waals surface area contributed by atoms with E-state index in [0.717, 1.165) is 81.8 Å². The molecule has 2 bridgehead atoms. The monoisotopic (exact) mass is 598 g/mol. The first-order valence-corrected chi connectivity index (χ1v) is 15.8. The molecule has 2 aromatic carbocycles. The second-order valence-electron chi connectivity index (χ2n) is 12.9. The van der Waals surface area contributed by atoms with Crippen LogP contribution < -0.4 is 10.5 Å². The molecule has 4 aromatic heterocycles. The largest absolute Gasteiger partial charge is 0.494 e. The van der Waals surface area contributed by atoms with Gasteiger partial charge in [-0.15, -0.1) is 0 Å². The van der Waals surface area contributed by atoms with Crippen molar-refractivity contribution in [3.8, 4) is 28.5 Å². The summed E-state index contributed by atoms with van der Waals surface area (Å²) in [4.78, 5) is 34.9. The second-order valence-corrected chi connectivity index (χ2v) is 12.9. The molecule has 0 unspecified atom stereocenters. The molecule has 1 saturated heterocycles. The van der Waals surface area contributed by atoms with Crippen molar-refractivity contribution in [1.82, 2.24) is 34.0 Å². The third-order valence-corrected chi connectivity index (χ3v) is 10.2. The van der Waals surface area contributed by atoms with Crippen molar-refractivity contribution in [1.29, 1.82) is 0 Å². The minimum absolute atomic E-state index is 0.00398. The molecular formula is C35H34N8O2. The van der Waals surface area contributed by atoms with Crippen LogP contribution in [0.3, 0.4) is 0 Å². The number of aromatic nitrogens is 6. The highest BCUT2D eigenvalue weighted by molar-refractivity contribution is 6.00. The minimum Gasteiger partial charge on any atom is -0.494 e. The summed E-state index contributed by atoms with van der Waals surface area (Å²) < 4.78 is 10.3. The molecule has 10 heteroatoms. The Labute approximate surface area is 259 Å². The molecule has 0 radical (unpaired) electrons. The van der Waals surface area contributed by atoms with E-state index in [-0.39, 0.29) is 18.0 Å². The van der Waals surface area contributed by atoms with E-state index in [1.54, 1.807) is 19.5 Å². The van der Waals surface area contributed by atoms with Crippen molar-refractivity contribution in [3.63, 3.8) is 0 Å². The average molecular weight is 599 g/mol. The van der Waals surface area contributed by atoms with Gasteiger partial charge >= 0.3 is 0 Å². The molecular weight excluding hydrogens is 564 g/mol. The number of nitrogens with zero attached hydrogens (tertiary/aromatic N) is 7. The first-order chi connectivity index (χ1) is 22.0. The molecule has 2 saturated carbocycles. The fourth-order valence-corrected chi connectivity index (χ4v) is 7.61. The molecule has 10 nitrogen and oxygen atoms in total. The number of likely N-dealkylation sites (tertiary alicyclic amines) is 1. The van der Waals surface area contributed by atoms with Crippen LogP contribution in [0.25, 0.3) is 55.9 Å². The number of nitrogens with two attached hydrogens (primary N) is 1. The molecule has 3 fully saturated rings. The molecule has 1 amide bonds. The van der Waals surface area contributed by atoms with Crippen LogP contribution in [0.15, 0.2) is 60.9 Å². The van der Waals surface area contributed by atoms with Gasteiger partial charge in [0.2, 0.25) is 0 Å². The van der Waals surface area contributed by atoms with Crippen LogP contribution in [-0.4, -0.2) is 65.6 Å². The number of piperidine rings is 1. The smallest absolute Gasteiger partial charge is 0.254 e. The van der Waals surface area contributed by atoms with E-state index in [1.807, 2.05) is 36.2 Å². The lowest BCUT2D eigenvalue weighted by atomic mass is 10.1. The lowest BCUT2D eigenvalue weighted by Gasteiger charge is -2.27. The molecule has 5 heterocycles. The van der Waals surface area contributed by atoms with Gasteiger partial charge in [0.05, 0.1) is 35.0 Å². The van der Waals surface area contributed by atoms with Crippen LogP contribution in [0.2, 0.25) is 0 Å². The Morgan fingerprint density at radius 3 is 2.56 bits per heavy atom. The van der Waals surface area contributed by atoms with E-state index in [1.165, 1.54) is 12.8 Å². The van der Waals surface area contributed by atoms with Crippen LogP contribution in [0.1, 0.15) is 36.0 Å². The van der Waals surface area contributed by atoms with Gasteiger partial charge in [-0.1, -0.05) is 6.07 Å². The average Bonchev–Trinajstić information content (AvgIpc) is 3.47. The van der Waals surface area contributed by atoms with Gasteiger partial charge in [-0.3, -0.25) is 14.8 Å². The molecule has 6 aromatic rings. The van der Waals surface area contributed by atoms with Crippen molar-refractivity contribution in [2.75, 3.05) is 13.7 Å². The lowest BCUT2D eigenvalue weighted by Crippen LogP contribution is -2.41. The number of carbonyl (C=O) groups is 1. The van der Waals surface area contributed by atoms with Gasteiger partial charge < -0.3 is 24.5 Å². The van der Waals surface area contributed by atoms with Crippen molar-refractivity contribution in [2.45, 2.75) is 44.3 Å². The van der Waals surface area contributed by atoms with E-state index < -0.39 is 0 Å². The number of benzene rings is 2. The van der Waals surface area contributed by atoms with Crippen molar-refractivity contribution < 1.29 is 9.53 Å². The molecule has 9 rings (SSSR count). The fourth-order valence-electron chi connectivity index (χ4n) is 7.61. The Hall–Kier alpha value is -4.83. The number of fused-ring (bicyclic) bond motifs is 5. The minimum atomic E-state index is 0.00398. The van der Waals surface area contributed by atoms with E-state index in [9.17, 15) is 4.79 Å². The number of carbonyl (C=O) groups excluding carboxylic acids is 1. The van der Waals surface area contributed by atoms with Crippen LogP contribution in [-0.2, 0) is 13.6 Å². The topological polar surface area (TPSA) is 117 Å². The number of hydrogen-bond acceptors (Lipinski definition) is 7. The Morgan fingerprint density at radius 1 is 0.956 bits per heavy atom. The number of rotatable bonds is 6. The first kappa shape index (κ1) is 26.6. The van der Waals surface area contributed by atoms with Crippen molar-refractivity contribution in [2.24, 2.45) is 24.6 Å². The number of amides is 1. The molecule has 226 valence electrons. The highest BCUT2D eigenvalue weighted by atomic mass is 16.5. The van der Waals surface area contributed by atoms with Gasteiger partial charge in [0.25, 0.3) is 5.91 Å². The van der Waals surface area contributed by atoms with Crippen molar-refractivity contribution in [3.05, 3.63) is 66.5 Å². The molecule has 1 aliphatic heterocycles. The normalized spacial score (nSPS) is 21.0. The van der Waals surface area contributed by atoms with Crippen LogP contribution in [0.5, 0.6) is 5.75 Å². The van der Waals surface area contributed by atoms with E-state index in [4.69, 9.17) is 20.4 Å². The number of aryl methyl sites for hydroxylation is 1. The summed E-state index contributed by atoms with van der Waals surface area (Å²) in [5.41, 5.74) is 14.1. The second kappa shape index (κ2) is 9.84. The van der Waals surface area contributed by atoms with Crippen LogP contribution in [0.4, 0.5) is 0 Å². The molecule has 3 atom stereocenters. The highest BCUT2D eigenvalue weighted by Gasteiger charge is 2.47. The zero-order valence-corrected chi connectivity index (χ0v) is 25.3. The number of pyridine rings is 1. The summed E-state index contributed by atoms with van der Waals surface area (Å²) >= 11 is 0. The zero-order valence-electron chi connectivity index (χ0n) is 25.3. The van der Waals surface area contributed by atoms with Gasteiger partial charge in [-0.05, 0) is 80.0 Å². The van der Waals surface area contributed by atoms with Gasteiger partial charge in [0, 0.05) is 61.1 Å². The fraction of sp³-hybridized carbons (Fsp3) is 0.343. The predicted octanol–water partition coefficient (Wildman–Crippen LogP) is 5.18. The number of ether oxygens (including phenoxy) is 1. The quantitative estimate of drug-likeness (QED) is 0.281. The number of imidazole rings is 1. The Bertz CT molecular complexity index is 2160. The standard InChI is InChI=1S/C35H34N8O2/c1-41-32-27(14-23(16-30(32)45-2)35(44)43-18-22-7-10-28(43)31(22)36)40-34(41)29-15-21-6-8-24(39-33(21)42(29)17-19-3-4-19)20-5-9-25-26(13-20)38-12-11-37-25/h5-6,8-9,11-16,19,22,28,31H,3-4,7,10,17-18,36H2,1-2H3/t22-,28-,31-/m1/s1. The molecule has 0 spiro atoms. The summed E-state index contributed by atoms with van der Waals surface area (Å²) in [5, 5.41) is 1.06. The molecule has 45 heavy (non-hydrogen) atoms. The highest BCUT2D eigenvalue weighted by Crippen LogP contribution is 2.40. The zero-order chi connectivity index (χ0) is 30.4. The van der Waals surface area contributed by atoms with Crippen molar-refractivity contribution >= 4 is 39.0 Å². The molecule has 3 aliphatic rings. The summed E-state index contributed by atoms with van der Waals surface area (Å²) in [6, 6.07) is 16.4. The van der Waals surface area contributed by atoms with Crippen LogP contribution >= 0.6 is 0 Å². The third kappa shape index (κ3) is 4.15.